The number of ether oxygens (including phenoxy) is 2. The fraction of sp³-hybridized carbons (Fsp3) is 0.188. The van der Waals surface area contributed by atoms with Crippen LogP contribution in [0.5, 0.6) is 5.75 Å². The lowest BCUT2D eigenvalue weighted by molar-refractivity contribution is -0.139. The minimum absolute atomic E-state index is 0.202. The quantitative estimate of drug-likeness (QED) is 0.789. The van der Waals surface area contributed by atoms with E-state index < -0.39 is 11.9 Å². The Labute approximate surface area is 133 Å². The zero-order valence-electron chi connectivity index (χ0n) is 12.8. The van der Waals surface area contributed by atoms with Crippen molar-refractivity contribution in [3.63, 3.8) is 0 Å². The van der Waals surface area contributed by atoms with Gasteiger partial charge in [-0.3, -0.25) is 9.59 Å². The molecular formula is C16H17N3O4. The third-order valence-electron chi connectivity index (χ3n) is 3.03. The first-order valence-corrected chi connectivity index (χ1v) is 6.85. The van der Waals surface area contributed by atoms with Crippen LogP contribution < -0.4 is 15.4 Å². The smallest absolute Gasteiger partial charge is 0.325 e. The highest BCUT2D eigenvalue weighted by atomic mass is 16.5. The maximum atomic E-state index is 12.2. The first-order chi connectivity index (χ1) is 11.1. The molecule has 0 radical (unpaired) electrons. The molecule has 0 bridgehead atoms. The summed E-state index contributed by atoms with van der Waals surface area (Å²) in [4.78, 5) is 27.4. The lowest BCUT2D eigenvalue weighted by Gasteiger charge is -2.11. The molecule has 7 heteroatoms. The van der Waals surface area contributed by atoms with Gasteiger partial charge in [0, 0.05) is 11.9 Å². The fourth-order valence-electron chi connectivity index (χ4n) is 1.82. The molecule has 23 heavy (non-hydrogen) atoms. The van der Waals surface area contributed by atoms with E-state index in [1.807, 2.05) is 12.1 Å². The number of pyridine rings is 1. The van der Waals surface area contributed by atoms with Gasteiger partial charge in [-0.15, -0.1) is 0 Å². The highest BCUT2D eigenvalue weighted by Gasteiger charge is 2.13. The summed E-state index contributed by atoms with van der Waals surface area (Å²) in [6.45, 7) is -0.202. The van der Waals surface area contributed by atoms with Crippen LogP contribution in [0.15, 0.2) is 42.6 Å². The summed E-state index contributed by atoms with van der Waals surface area (Å²) >= 11 is 0. The summed E-state index contributed by atoms with van der Waals surface area (Å²) in [5, 5.41) is 5.54. The van der Waals surface area contributed by atoms with Crippen molar-refractivity contribution in [2.75, 3.05) is 26.1 Å². The molecular weight excluding hydrogens is 298 g/mol. The topological polar surface area (TPSA) is 89.5 Å². The second kappa shape index (κ2) is 7.79. The first-order valence-electron chi connectivity index (χ1n) is 6.85. The van der Waals surface area contributed by atoms with E-state index in [1.54, 1.807) is 37.6 Å². The maximum Gasteiger partial charge on any atom is 0.325 e. The molecule has 0 unspecified atom stereocenters. The number of hydrogen-bond acceptors (Lipinski definition) is 6. The summed E-state index contributed by atoms with van der Waals surface area (Å²) in [5.41, 5.74) is 1.08. The second-order valence-corrected chi connectivity index (χ2v) is 4.51. The third-order valence-corrected chi connectivity index (χ3v) is 3.03. The van der Waals surface area contributed by atoms with Crippen LogP contribution in [0.1, 0.15) is 10.4 Å². The normalized spacial score (nSPS) is 9.83. The van der Waals surface area contributed by atoms with E-state index in [1.165, 1.54) is 7.11 Å². The average Bonchev–Trinajstić information content (AvgIpc) is 2.60. The molecule has 0 saturated carbocycles. The Kier molecular flexibility index (Phi) is 5.51. The van der Waals surface area contributed by atoms with Gasteiger partial charge < -0.3 is 20.1 Å². The van der Waals surface area contributed by atoms with Crippen LogP contribution >= 0.6 is 0 Å². The number of esters is 1. The van der Waals surface area contributed by atoms with Gasteiger partial charge in [-0.2, -0.15) is 0 Å². The molecule has 0 aliphatic carbocycles. The van der Waals surface area contributed by atoms with Crippen molar-refractivity contribution in [2.24, 2.45) is 0 Å². The predicted octanol–water partition coefficient (Wildman–Crippen LogP) is 1.74. The molecule has 1 aromatic carbocycles. The minimum Gasteiger partial charge on any atom is -0.497 e. The minimum atomic E-state index is -0.521. The van der Waals surface area contributed by atoms with Crippen LogP contribution in [0, 0.1) is 0 Å². The number of rotatable bonds is 6. The van der Waals surface area contributed by atoms with Gasteiger partial charge in [0.05, 0.1) is 19.8 Å². The summed E-state index contributed by atoms with van der Waals surface area (Å²) in [6.07, 6.45) is 1.57. The van der Waals surface area contributed by atoms with E-state index in [0.29, 0.717) is 11.4 Å². The Morgan fingerprint density at radius 1 is 1.13 bits per heavy atom. The summed E-state index contributed by atoms with van der Waals surface area (Å²) in [6, 6.07) is 10.5. The average molecular weight is 315 g/mol. The molecule has 0 aliphatic heterocycles. The predicted molar refractivity (Wildman–Crippen MR) is 84.9 cm³/mol. The van der Waals surface area contributed by atoms with Gasteiger partial charge >= 0.3 is 5.97 Å². The molecule has 7 nitrogen and oxygen atoms in total. The Morgan fingerprint density at radius 2 is 1.87 bits per heavy atom. The number of nitrogens with one attached hydrogen (secondary N) is 2. The molecule has 1 aromatic heterocycles. The van der Waals surface area contributed by atoms with Crippen molar-refractivity contribution in [3.8, 4) is 5.75 Å². The standard InChI is InChI=1S/C16H17N3O4/c1-22-12-7-5-11(6-8-12)19-15-13(4-3-9-17-15)16(21)18-10-14(20)23-2/h3-9H,10H2,1-2H3,(H,17,19)(H,18,21). The number of carbonyl (C=O) groups excluding carboxylic acids is 2. The largest absolute Gasteiger partial charge is 0.497 e. The van der Waals surface area contributed by atoms with Gasteiger partial charge in [0.15, 0.2) is 0 Å². The van der Waals surface area contributed by atoms with Crippen LogP contribution in [0.25, 0.3) is 0 Å². The second-order valence-electron chi connectivity index (χ2n) is 4.51. The van der Waals surface area contributed by atoms with Crippen molar-refractivity contribution in [1.82, 2.24) is 10.3 Å². The van der Waals surface area contributed by atoms with Gasteiger partial charge in [-0.25, -0.2) is 4.98 Å². The molecule has 0 atom stereocenters. The van der Waals surface area contributed by atoms with Crippen LogP contribution in [0.3, 0.4) is 0 Å². The molecule has 1 heterocycles. The lowest BCUT2D eigenvalue weighted by atomic mass is 10.2. The molecule has 0 spiro atoms. The van der Waals surface area contributed by atoms with E-state index >= 15 is 0 Å². The monoisotopic (exact) mass is 315 g/mol. The number of carbonyl (C=O) groups is 2. The zero-order chi connectivity index (χ0) is 16.7. The van der Waals surface area contributed by atoms with E-state index in [-0.39, 0.29) is 6.54 Å². The van der Waals surface area contributed by atoms with Crippen LogP contribution in [-0.4, -0.2) is 37.6 Å². The van der Waals surface area contributed by atoms with Crippen molar-refractivity contribution >= 4 is 23.4 Å². The molecule has 0 aliphatic rings. The Bertz CT molecular complexity index is 686. The van der Waals surface area contributed by atoms with Crippen LogP contribution in [0.4, 0.5) is 11.5 Å². The third kappa shape index (κ3) is 4.44. The van der Waals surface area contributed by atoms with Gasteiger partial charge in [-0.1, -0.05) is 0 Å². The van der Waals surface area contributed by atoms with Crippen molar-refractivity contribution in [3.05, 3.63) is 48.2 Å². The number of amides is 1. The van der Waals surface area contributed by atoms with Crippen molar-refractivity contribution in [2.45, 2.75) is 0 Å². The summed E-state index contributed by atoms with van der Waals surface area (Å²) in [7, 11) is 2.85. The SMILES string of the molecule is COC(=O)CNC(=O)c1cccnc1Nc1ccc(OC)cc1. The van der Waals surface area contributed by atoms with Crippen LogP contribution in [0.2, 0.25) is 0 Å². The van der Waals surface area contributed by atoms with E-state index in [9.17, 15) is 9.59 Å². The van der Waals surface area contributed by atoms with Gasteiger partial charge in [0.25, 0.3) is 5.91 Å². The summed E-state index contributed by atoms with van der Waals surface area (Å²) in [5.74, 6) is 0.180. The number of hydrogen-bond donors (Lipinski definition) is 2. The molecule has 2 aromatic rings. The first kappa shape index (κ1) is 16.3. The van der Waals surface area contributed by atoms with Crippen LogP contribution in [-0.2, 0) is 9.53 Å². The molecule has 0 fully saturated rings. The Balaban J connectivity index is 2.13. The fourth-order valence-corrected chi connectivity index (χ4v) is 1.82. The van der Waals surface area contributed by atoms with Gasteiger partial charge in [0.2, 0.25) is 0 Å². The van der Waals surface area contributed by atoms with E-state index in [4.69, 9.17) is 4.74 Å². The molecule has 0 saturated heterocycles. The zero-order valence-corrected chi connectivity index (χ0v) is 12.8. The van der Waals surface area contributed by atoms with Gasteiger partial charge in [0.1, 0.15) is 18.1 Å². The number of aromatic nitrogens is 1. The number of methoxy groups -OCH3 is 2. The molecule has 120 valence electrons. The Morgan fingerprint density at radius 3 is 2.52 bits per heavy atom. The van der Waals surface area contributed by atoms with Crippen molar-refractivity contribution in [1.29, 1.82) is 0 Å². The lowest BCUT2D eigenvalue weighted by Crippen LogP contribution is -2.30. The number of anilines is 2. The molecule has 2 N–H and O–H groups in total. The highest BCUT2D eigenvalue weighted by molar-refractivity contribution is 6.00. The van der Waals surface area contributed by atoms with E-state index in [0.717, 1.165) is 11.4 Å². The Hall–Kier alpha value is -3.09. The molecule has 2 rings (SSSR count). The number of benzene rings is 1. The maximum absolute atomic E-state index is 12.2. The summed E-state index contributed by atoms with van der Waals surface area (Å²) < 4.78 is 9.58. The molecule has 1 amide bonds. The van der Waals surface area contributed by atoms with Crippen molar-refractivity contribution < 1.29 is 19.1 Å². The van der Waals surface area contributed by atoms with Gasteiger partial charge in [-0.05, 0) is 36.4 Å². The van der Waals surface area contributed by atoms with E-state index in [2.05, 4.69) is 20.4 Å². The highest BCUT2D eigenvalue weighted by Crippen LogP contribution is 2.21. The number of nitrogens with zero attached hydrogens (tertiary/aromatic N) is 1.